The summed E-state index contributed by atoms with van der Waals surface area (Å²) in [5.41, 5.74) is 5.51. The van der Waals surface area contributed by atoms with Crippen LogP contribution in [0.3, 0.4) is 0 Å². The largest absolute Gasteiger partial charge is 0.393 e. The minimum absolute atomic E-state index is 0.280. The van der Waals surface area contributed by atoms with Crippen molar-refractivity contribution < 1.29 is 8.42 Å². The fraction of sp³-hybridized carbons (Fsp3) is 0.267. The quantitative estimate of drug-likeness (QED) is 0.802. The van der Waals surface area contributed by atoms with E-state index in [2.05, 4.69) is 4.72 Å². The van der Waals surface area contributed by atoms with E-state index in [0.29, 0.717) is 23.2 Å². The lowest BCUT2D eigenvalue weighted by Crippen LogP contribution is -2.37. The van der Waals surface area contributed by atoms with Gasteiger partial charge in [-0.25, -0.2) is 13.1 Å². The van der Waals surface area contributed by atoms with Crippen molar-refractivity contribution in [3.63, 3.8) is 0 Å². The standard InChI is InChI=1S/C15H18N2O2S2/c1-2-12(10-15(16)20)17-21(18,19)14-9-5-7-11-6-3-4-8-13(11)14/h3-9,12,17H,2,10H2,1H3,(H2,16,20). The Hall–Kier alpha value is -1.50. The molecule has 3 N–H and O–H groups in total. The van der Waals surface area contributed by atoms with Crippen LogP contribution in [-0.4, -0.2) is 19.4 Å². The summed E-state index contributed by atoms with van der Waals surface area (Å²) in [6.07, 6.45) is 0.983. The summed E-state index contributed by atoms with van der Waals surface area (Å²) in [6, 6.07) is 12.4. The van der Waals surface area contributed by atoms with Crippen molar-refractivity contribution in [3.8, 4) is 0 Å². The Morgan fingerprint density at radius 3 is 2.57 bits per heavy atom. The zero-order valence-electron chi connectivity index (χ0n) is 11.7. The molecule has 0 aromatic heterocycles. The number of nitrogens with two attached hydrogens (primary N) is 1. The van der Waals surface area contributed by atoms with Gasteiger partial charge in [-0.05, 0) is 17.9 Å². The molecule has 0 saturated carbocycles. The van der Waals surface area contributed by atoms with Crippen molar-refractivity contribution in [3.05, 3.63) is 42.5 Å². The van der Waals surface area contributed by atoms with Crippen molar-refractivity contribution in [1.29, 1.82) is 0 Å². The molecule has 2 rings (SSSR count). The average Bonchev–Trinajstić information content (AvgIpc) is 2.45. The van der Waals surface area contributed by atoms with Gasteiger partial charge >= 0.3 is 0 Å². The monoisotopic (exact) mass is 322 g/mol. The van der Waals surface area contributed by atoms with E-state index in [1.165, 1.54) is 0 Å². The van der Waals surface area contributed by atoms with Gasteiger partial charge in [0.2, 0.25) is 10.0 Å². The third kappa shape index (κ3) is 3.78. The van der Waals surface area contributed by atoms with Crippen LogP contribution < -0.4 is 10.5 Å². The van der Waals surface area contributed by atoms with Gasteiger partial charge < -0.3 is 5.73 Å². The summed E-state index contributed by atoms with van der Waals surface area (Å²) in [5.74, 6) is 0. The molecule has 0 amide bonds. The highest BCUT2D eigenvalue weighted by Crippen LogP contribution is 2.23. The van der Waals surface area contributed by atoms with E-state index in [-0.39, 0.29) is 10.9 Å². The van der Waals surface area contributed by atoms with Crippen LogP contribution in [0, 0.1) is 0 Å². The fourth-order valence-corrected chi connectivity index (χ4v) is 3.98. The van der Waals surface area contributed by atoms with Crippen molar-refractivity contribution >= 4 is 38.0 Å². The molecular formula is C15H18N2O2S2. The maximum atomic E-state index is 12.6. The summed E-state index contributed by atoms with van der Waals surface area (Å²) in [7, 11) is -3.61. The van der Waals surface area contributed by atoms with Crippen LogP contribution in [-0.2, 0) is 10.0 Å². The molecule has 0 heterocycles. The minimum Gasteiger partial charge on any atom is -0.393 e. The van der Waals surface area contributed by atoms with Gasteiger partial charge in [-0.1, -0.05) is 55.5 Å². The van der Waals surface area contributed by atoms with Crippen LogP contribution in [0.2, 0.25) is 0 Å². The molecule has 0 aliphatic carbocycles. The number of hydrogen-bond acceptors (Lipinski definition) is 3. The molecule has 0 aliphatic rings. The Bertz CT molecular complexity index is 752. The van der Waals surface area contributed by atoms with E-state index >= 15 is 0 Å². The molecule has 4 nitrogen and oxygen atoms in total. The zero-order chi connectivity index (χ0) is 15.5. The molecule has 0 spiro atoms. The maximum absolute atomic E-state index is 12.6. The van der Waals surface area contributed by atoms with E-state index in [4.69, 9.17) is 18.0 Å². The molecule has 21 heavy (non-hydrogen) atoms. The molecule has 0 saturated heterocycles. The van der Waals surface area contributed by atoms with Crippen molar-refractivity contribution in [1.82, 2.24) is 4.72 Å². The topological polar surface area (TPSA) is 72.2 Å². The summed E-state index contributed by atoms with van der Waals surface area (Å²) in [4.78, 5) is 0.587. The maximum Gasteiger partial charge on any atom is 0.241 e. The van der Waals surface area contributed by atoms with Gasteiger partial charge in [0.25, 0.3) is 0 Å². The lowest BCUT2D eigenvalue weighted by molar-refractivity contribution is 0.547. The summed E-state index contributed by atoms with van der Waals surface area (Å²) >= 11 is 4.86. The first-order valence-electron chi connectivity index (χ1n) is 6.72. The highest BCUT2D eigenvalue weighted by atomic mass is 32.2. The van der Waals surface area contributed by atoms with E-state index in [1.807, 2.05) is 31.2 Å². The van der Waals surface area contributed by atoms with E-state index in [1.54, 1.807) is 18.2 Å². The van der Waals surface area contributed by atoms with Crippen LogP contribution in [0.5, 0.6) is 0 Å². The lowest BCUT2D eigenvalue weighted by atomic mass is 10.1. The number of fused-ring (bicyclic) bond motifs is 1. The minimum atomic E-state index is -3.61. The summed E-state index contributed by atoms with van der Waals surface area (Å²) in [5, 5.41) is 1.60. The fourth-order valence-electron chi connectivity index (χ4n) is 2.23. The van der Waals surface area contributed by atoms with Crippen molar-refractivity contribution in [2.45, 2.75) is 30.7 Å². The lowest BCUT2D eigenvalue weighted by Gasteiger charge is -2.17. The molecule has 1 atom stereocenters. The van der Waals surface area contributed by atoms with Crippen LogP contribution in [0.1, 0.15) is 19.8 Å². The molecule has 1 unspecified atom stereocenters. The Morgan fingerprint density at radius 2 is 1.90 bits per heavy atom. The number of benzene rings is 2. The number of nitrogens with one attached hydrogen (secondary N) is 1. The number of thiocarbonyl (C=S) groups is 1. The second kappa shape index (κ2) is 6.51. The first-order chi connectivity index (χ1) is 9.94. The molecule has 0 bridgehead atoms. The zero-order valence-corrected chi connectivity index (χ0v) is 13.4. The SMILES string of the molecule is CCC(CC(N)=S)NS(=O)(=O)c1cccc2ccccc12. The molecule has 0 aliphatic heterocycles. The Labute approximate surface area is 130 Å². The van der Waals surface area contributed by atoms with E-state index in [9.17, 15) is 8.42 Å². The number of sulfonamides is 1. The van der Waals surface area contributed by atoms with Crippen LogP contribution >= 0.6 is 12.2 Å². The third-order valence-electron chi connectivity index (χ3n) is 3.30. The third-order valence-corrected chi connectivity index (χ3v) is 5.05. The average molecular weight is 322 g/mol. The van der Waals surface area contributed by atoms with Gasteiger partial charge in [-0.15, -0.1) is 0 Å². The van der Waals surface area contributed by atoms with Crippen molar-refractivity contribution in [2.24, 2.45) is 5.73 Å². The summed E-state index contributed by atoms with van der Waals surface area (Å²) < 4.78 is 27.9. The highest BCUT2D eigenvalue weighted by molar-refractivity contribution is 7.89. The van der Waals surface area contributed by atoms with Gasteiger partial charge in [-0.2, -0.15) is 0 Å². The molecule has 2 aromatic rings. The van der Waals surface area contributed by atoms with Crippen molar-refractivity contribution in [2.75, 3.05) is 0 Å². The first kappa shape index (κ1) is 15.9. The second-order valence-corrected chi connectivity index (χ2v) is 7.08. The van der Waals surface area contributed by atoms with Crippen LogP contribution in [0.4, 0.5) is 0 Å². The number of rotatable bonds is 6. The Balaban J connectivity index is 2.40. The van der Waals surface area contributed by atoms with Gasteiger partial charge in [0.05, 0.1) is 9.88 Å². The van der Waals surface area contributed by atoms with Gasteiger partial charge in [0.1, 0.15) is 0 Å². The predicted octanol–water partition coefficient (Wildman–Crippen LogP) is 2.57. The van der Waals surface area contributed by atoms with Crippen LogP contribution in [0.25, 0.3) is 10.8 Å². The Morgan fingerprint density at radius 1 is 1.24 bits per heavy atom. The molecule has 6 heteroatoms. The first-order valence-corrected chi connectivity index (χ1v) is 8.61. The summed E-state index contributed by atoms with van der Waals surface area (Å²) in [6.45, 7) is 1.90. The molecule has 112 valence electrons. The molecule has 0 fully saturated rings. The van der Waals surface area contributed by atoms with Crippen LogP contribution in [0.15, 0.2) is 47.4 Å². The van der Waals surface area contributed by atoms with Gasteiger partial charge in [0, 0.05) is 17.8 Å². The van der Waals surface area contributed by atoms with E-state index < -0.39 is 10.0 Å². The predicted molar refractivity (Wildman–Crippen MR) is 89.8 cm³/mol. The number of hydrogen-bond donors (Lipinski definition) is 2. The molecule has 2 aromatic carbocycles. The normalized spacial score (nSPS) is 13.2. The Kier molecular flexibility index (Phi) is 4.92. The molecule has 0 radical (unpaired) electrons. The smallest absolute Gasteiger partial charge is 0.241 e. The highest BCUT2D eigenvalue weighted by Gasteiger charge is 2.21. The van der Waals surface area contributed by atoms with Gasteiger partial charge in [0.15, 0.2) is 0 Å². The molecular weight excluding hydrogens is 304 g/mol. The second-order valence-electron chi connectivity index (χ2n) is 4.87. The van der Waals surface area contributed by atoms with E-state index in [0.717, 1.165) is 5.39 Å². The van der Waals surface area contributed by atoms with Gasteiger partial charge in [-0.3, -0.25) is 0 Å².